The summed E-state index contributed by atoms with van der Waals surface area (Å²) >= 11 is 1.85. The summed E-state index contributed by atoms with van der Waals surface area (Å²) in [5.41, 5.74) is 9.50. The number of rotatable bonds is 4. The molecule has 0 spiro atoms. The molecule has 0 aliphatic rings. The molecule has 0 radical (unpaired) electrons. The van der Waals surface area contributed by atoms with Crippen LogP contribution in [-0.2, 0) is 0 Å². The Bertz CT molecular complexity index is 3090. The molecule has 11 rings (SSSR count). The molecular formula is C46H28N4S. The normalized spacial score (nSPS) is 11.9. The number of hydrogen-bond acceptors (Lipinski definition) is 3. The summed E-state index contributed by atoms with van der Waals surface area (Å²) in [7, 11) is 0. The van der Waals surface area contributed by atoms with Crippen LogP contribution in [0.5, 0.6) is 0 Å². The van der Waals surface area contributed by atoms with Gasteiger partial charge in [-0.2, -0.15) is 0 Å². The Kier molecular flexibility index (Phi) is 6.09. The molecule has 0 fully saturated rings. The zero-order chi connectivity index (χ0) is 33.5. The highest BCUT2D eigenvalue weighted by atomic mass is 32.1. The van der Waals surface area contributed by atoms with Crippen molar-refractivity contribution in [3.63, 3.8) is 0 Å². The van der Waals surface area contributed by atoms with Gasteiger partial charge in [-0.15, -0.1) is 11.3 Å². The second-order valence-corrected chi connectivity index (χ2v) is 14.1. The zero-order valence-corrected chi connectivity index (χ0v) is 28.2. The van der Waals surface area contributed by atoms with E-state index in [1.807, 2.05) is 17.4 Å². The summed E-state index contributed by atoms with van der Waals surface area (Å²) in [6.07, 6.45) is 0. The lowest BCUT2D eigenvalue weighted by atomic mass is 10.1. The maximum atomic E-state index is 5.34. The molecule has 0 unspecified atom stereocenters. The van der Waals surface area contributed by atoms with Crippen molar-refractivity contribution < 1.29 is 0 Å². The van der Waals surface area contributed by atoms with Crippen LogP contribution in [-0.4, -0.2) is 19.1 Å². The molecular weight excluding hydrogens is 641 g/mol. The van der Waals surface area contributed by atoms with Gasteiger partial charge in [0.2, 0.25) is 5.95 Å². The number of nitrogens with zero attached hydrogens (tertiary/aromatic N) is 4. The van der Waals surface area contributed by atoms with E-state index in [0.29, 0.717) is 5.95 Å². The van der Waals surface area contributed by atoms with Crippen molar-refractivity contribution in [1.82, 2.24) is 19.1 Å². The van der Waals surface area contributed by atoms with Crippen LogP contribution in [0.3, 0.4) is 0 Å². The Morgan fingerprint density at radius 1 is 0.353 bits per heavy atom. The van der Waals surface area contributed by atoms with E-state index >= 15 is 0 Å². The molecule has 0 bridgehead atoms. The second kappa shape index (κ2) is 11.0. The molecule has 238 valence electrons. The Labute approximate surface area is 297 Å². The first-order valence-corrected chi connectivity index (χ1v) is 18.0. The van der Waals surface area contributed by atoms with Gasteiger partial charge in [-0.05, 0) is 48.5 Å². The summed E-state index contributed by atoms with van der Waals surface area (Å²) in [4.78, 5) is 10.6. The van der Waals surface area contributed by atoms with E-state index in [1.165, 1.54) is 47.2 Å². The van der Waals surface area contributed by atoms with Gasteiger partial charge in [-0.3, -0.25) is 4.57 Å². The molecule has 0 aliphatic heterocycles. The van der Waals surface area contributed by atoms with Crippen molar-refractivity contribution in [3.05, 3.63) is 170 Å². The largest absolute Gasteiger partial charge is 0.309 e. The summed E-state index contributed by atoms with van der Waals surface area (Å²) in [5, 5.41) is 7.42. The predicted octanol–water partition coefficient (Wildman–Crippen LogP) is 12.4. The predicted molar refractivity (Wildman–Crippen MR) is 214 cm³/mol. The number of thiophene rings is 1. The number of para-hydroxylation sites is 3. The molecule has 0 amide bonds. The Morgan fingerprint density at radius 2 is 0.882 bits per heavy atom. The van der Waals surface area contributed by atoms with Crippen molar-refractivity contribution in [2.24, 2.45) is 0 Å². The third-order valence-electron chi connectivity index (χ3n) is 10.2. The lowest BCUT2D eigenvalue weighted by Gasteiger charge is -2.12. The summed E-state index contributed by atoms with van der Waals surface area (Å²) in [6, 6.07) is 60.6. The van der Waals surface area contributed by atoms with Crippen LogP contribution in [0.2, 0.25) is 0 Å². The summed E-state index contributed by atoms with van der Waals surface area (Å²) in [5.74, 6) is 0.652. The molecule has 0 aliphatic carbocycles. The molecule has 4 aromatic heterocycles. The quantitative estimate of drug-likeness (QED) is 0.187. The van der Waals surface area contributed by atoms with Crippen LogP contribution in [0.15, 0.2) is 170 Å². The van der Waals surface area contributed by atoms with Crippen LogP contribution in [0.1, 0.15) is 0 Å². The van der Waals surface area contributed by atoms with Gasteiger partial charge in [-0.25, -0.2) is 9.97 Å². The maximum Gasteiger partial charge on any atom is 0.235 e. The van der Waals surface area contributed by atoms with Crippen LogP contribution in [0, 0.1) is 0 Å². The monoisotopic (exact) mass is 668 g/mol. The van der Waals surface area contributed by atoms with Crippen LogP contribution in [0.4, 0.5) is 0 Å². The van der Waals surface area contributed by atoms with E-state index in [4.69, 9.17) is 9.97 Å². The molecule has 4 nitrogen and oxygen atoms in total. The topological polar surface area (TPSA) is 35.6 Å². The van der Waals surface area contributed by atoms with Crippen molar-refractivity contribution in [1.29, 1.82) is 0 Å². The van der Waals surface area contributed by atoms with E-state index in [2.05, 4.69) is 173 Å². The first-order valence-electron chi connectivity index (χ1n) is 17.2. The third kappa shape index (κ3) is 4.32. The Morgan fingerprint density at radius 3 is 1.59 bits per heavy atom. The molecule has 11 aromatic rings. The van der Waals surface area contributed by atoms with Gasteiger partial charge < -0.3 is 4.57 Å². The van der Waals surface area contributed by atoms with E-state index in [-0.39, 0.29) is 0 Å². The second-order valence-electron chi connectivity index (χ2n) is 13.0. The van der Waals surface area contributed by atoms with E-state index < -0.39 is 0 Å². The third-order valence-corrected chi connectivity index (χ3v) is 11.3. The lowest BCUT2D eigenvalue weighted by Crippen LogP contribution is -2.04. The SMILES string of the molecule is c1ccc(-c2cc(-c3ccc4c5ccccc5n(-c5ccc6c(c5)sc5ccccc56)c4c3)nc(-n3c4ccccc4c4ccccc43)n2)cc1. The zero-order valence-electron chi connectivity index (χ0n) is 27.4. The molecule has 4 heterocycles. The van der Waals surface area contributed by atoms with Crippen molar-refractivity contribution in [3.8, 4) is 34.2 Å². The summed E-state index contributed by atoms with van der Waals surface area (Å²) < 4.78 is 7.21. The van der Waals surface area contributed by atoms with Gasteiger partial charge in [0.15, 0.2) is 0 Å². The first kappa shape index (κ1) is 28.3. The van der Waals surface area contributed by atoms with Crippen LogP contribution >= 0.6 is 11.3 Å². The highest BCUT2D eigenvalue weighted by Gasteiger charge is 2.19. The van der Waals surface area contributed by atoms with Gasteiger partial charge in [-0.1, -0.05) is 121 Å². The Balaban J connectivity index is 1.17. The molecule has 0 N–H and O–H groups in total. The van der Waals surface area contributed by atoms with Gasteiger partial charge in [0.05, 0.1) is 33.5 Å². The molecule has 7 aromatic carbocycles. The highest BCUT2D eigenvalue weighted by molar-refractivity contribution is 7.25. The van der Waals surface area contributed by atoms with Gasteiger partial charge in [0.25, 0.3) is 0 Å². The maximum absolute atomic E-state index is 5.34. The van der Waals surface area contributed by atoms with E-state index in [1.54, 1.807) is 0 Å². The Hall–Kier alpha value is -6.56. The minimum Gasteiger partial charge on any atom is -0.309 e. The number of fused-ring (bicyclic) bond motifs is 9. The van der Waals surface area contributed by atoms with Gasteiger partial charge in [0, 0.05) is 58.5 Å². The average molecular weight is 669 g/mol. The van der Waals surface area contributed by atoms with Crippen molar-refractivity contribution >= 4 is 75.1 Å². The molecule has 0 saturated carbocycles. The standard InChI is InChI=1S/C46H28N4S/c1-2-12-29(13-3-1)38-28-39(48-46(47-38)50-41-19-9-5-14-32(41)33-15-6-10-20-42(33)50)30-22-24-35-34-16-4-8-18-40(34)49(43(35)26-30)31-23-25-37-36-17-7-11-21-44(36)51-45(37)27-31/h1-28H. The number of aromatic nitrogens is 4. The molecule has 5 heteroatoms. The minimum absolute atomic E-state index is 0.652. The lowest BCUT2D eigenvalue weighted by molar-refractivity contribution is 0.995. The van der Waals surface area contributed by atoms with E-state index in [0.717, 1.165) is 44.8 Å². The average Bonchev–Trinajstić information content (AvgIpc) is 3.85. The fourth-order valence-corrected chi connectivity index (χ4v) is 8.98. The molecule has 51 heavy (non-hydrogen) atoms. The molecule has 0 atom stereocenters. The van der Waals surface area contributed by atoms with Gasteiger partial charge in [0.1, 0.15) is 0 Å². The fourth-order valence-electron chi connectivity index (χ4n) is 7.84. The summed E-state index contributed by atoms with van der Waals surface area (Å²) in [6.45, 7) is 0. The van der Waals surface area contributed by atoms with E-state index in [9.17, 15) is 0 Å². The van der Waals surface area contributed by atoms with Gasteiger partial charge >= 0.3 is 0 Å². The van der Waals surface area contributed by atoms with Crippen molar-refractivity contribution in [2.45, 2.75) is 0 Å². The van der Waals surface area contributed by atoms with Crippen LogP contribution in [0.25, 0.3) is 97.9 Å². The molecule has 0 saturated heterocycles. The van der Waals surface area contributed by atoms with Crippen molar-refractivity contribution in [2.75, 3.05) is 0 Å². The highest BCUT2D eigenvalue weighted by Crippen LogP contribution is 2.39. The fraction of sp³-hybridized carbons (Fsp3) is 0. The number of hydrogen-bond donors (Lipinski definition) is 0. The smallest absolute Gasteiger partial charge is 0.235 e. The van der Waals surface area contributed by atoms with Crippen LogP contribution < -0.4 is 0 Å². The number of benzene rings is 7. The first-order chi connectivity index (χ1) is 25.3. The minimum atomic E-state index is 0.652.